The number of ether oxygens (including phenoxy) is 4. The van der Waals surface area contributed by atoms with Crippen LogP contribution in [0, 0.1) is 35.5 Å². The highest BCUT2D eigenvalue weighted by Crippen LogP contribution is 2.64. The molecule has 0 aromatic heterocycles. The van der Waals surface area contributed by atoms with Crippen LogP contribution < -0.4 is 4.74 Å². The fraction of sp³-hybridized carbons (Fsp3) is 0.588. The molecule has 0 radical (unpaired) electrons. The second-order valence-corrected chi connectivity index (χ2v) is 13.5. The number of allylic oxidation sites excluding steroid dienone is 1. The molecule has 41 heavy (non-hydrogen) atoms. The highest BCUT2D eigenvalue weighted by molar-refractivity contribution is 5.97. The SMILES string of the molecule is C=CCOc1cccc(C)c1C(=O)OC1C(C)=CC23C(=O)C(C=C4COC(C)(C)OC4C12O)C(C)(C)[C@@H](C)C[C@H]3C. The number of aliphatic hydroxyl groups is 1. The summed E-state index contributed by atoms with van der Waals surface area (Å²) in [7, 11) is 0. The zero-order valence-electron chi connectivity index (χ0n) is 25.6. The van der Waals surface area contributed by atoms with Crippen LogP contribution in [-0.4, -0.2) is 53.7 Å². The molecule has 2 fully saturated rings. The van der Waals surface area contributed by atoms with Crippen molar-refractivity contribution in [2.24, 2.45) is 28.6 Å². The number of rotatable bonds is 5. The summed E-state index contributed by atoms with van der Waals surface area (Å²) in [6.07, 6.45) is 4.12. The summed E-state index contributed by atoms with van der Waals surface area (Å²) in [5, 5.41) is 13.2. The number of fused-ring (bicyclic) bond motifs is 3. The van der Waals surface area contributed by atoms with E-state index in [1.807, 2.05) is 45.1 Å². The topological polar surface area (TPSA) is 91.3 Å². The van der Waals surface area contributed by atoms with Crippen molar-refractivity contribution < 1.29 is 33.6 Å². The maximum Gasteiger partial charge on any atom is 0.342 e. The van der Waals surface area contributed by atoms with E-state index in [-0.39, 0.29) is 41.8 Å². The van der Waals surface area contributed by atoms with Gasteiger partial charge in [-0.3, -0.25) is 4.79 Å². The summed E-state index contributed by atoms with van der Waals surface area (Å²) in [6, 6.07) is 5.33. The number of carbonyl (C=O) groups excluding carboxylic acids is 2. The van der Waals surface area contributed by atoms with Crippen molar-refractivity contribution in [1.82, 2.24) is 0 Å². The molecule has 222 valence electrons. The van der Waals surface area contributed by atoms with Gasteiger partial charge in [-0.2, -0.15) is 0 Å². The predicted molar refractivity (Wildman–Crippen MR) is 155 cm³/mol. The van der Waals surface area contributed by atoms with E-state index in [9.17, 15) is 14.7 Å². The molecule has 1 aromatic carbocycles. The third-order valence-corrected chi connectivity index (χ3v) is 10.3. The summed E-state index contributed by atoms with van der Waals surface area (Å²) >= 11 is 0. The molecule has 5 rings (SSSR count). The van der Waals surface area contributed by atoms with Gasteiger partial charge in [0.1, 0.15) is 24.0 Å². The lowest BCUT2D eigenvalue weighted by molar-refractivity contribution is -0.302. The summed E-state index contributed by atoms with van der Waals surface area (Å²) < 4.78 is 24.7. The zero-order chi connectivity index (χ0) is 30.1. The number of carbonyl (C=O) groups is 2. The van der Waals surface area contributed by atoms with Crippen molar-refractivity contribution >= 4 is 11.8 Å². The molecule has 2 bridgehead atoms. The average molecular weight is 565 g/mol. The van der Waals surface area contributed by atoms with Gasteiger partial charge < -0.3 is 24.1 Å². The Kier molecular flexibility index (Phi) is 7.20. The van der Waals surface area contributed by atoms with Crippen molar-refractivity contribution in [3.63, 3.8) is 0 Å². The van der Waals surface area contributed by atoms with Crippen molar-refractivity contribution in [2.45, 2.75) is 85.4 Å². The zero-order valence-corrected chi connectivity index (χ0v) is 25.6. The van der Waals surface area contributed by atoms with Crippen LogP contribution in [0.3, 0.4) is 0 Å². The van der Waals surface area contributed by atoms with Gasteiger partial charge in [0.15, 0.2) is 23.3 Å². The first-order chi connectivity index (χ1) is 19.1. The van der Waals surface area contributed by atoms with Gasteiger partial charge in [0.25, 0.3) is 0 Å². The van der Waals surface area contributed by atoms with Crippen LogP contribution in [0.5, 0.6) is 5.75 Å². The fourth-order valence-corrected chi connectivity index (χ4v) is 7.70. The Bertz CT molecular complexity index is 1340. The molecular formula is C34H44O7. The molecule has 1 spiro atoms. The van der Waals surface area contributed by atoms with Crippen molar-refractivity contribution in [3.05, 3.63) is 65.3 Å². The molecule has 7 atom stereocenters. The van der Waals surface area contributed by atoms with Gasteiger partial charge in [0.2, 0.25) is 0 Å². The predicted octanol–water partition coefficient (Wildman–Crippen LogP) is 5.74. The summed E-state index contributed by atoms with van der Waals surface area (Å²) in [6.45, 7) is 19.8. The molecule has 1 aromatic rings. The number of hydrogen-bond donors (Lipinski definition) is 1. The van der Waals surface area contributed by atoms with Crippen LogP contribution in [0.15, 0.2) is 54.2 Å². The van der Waals surface area contributed by atoms with Gasteiger partial charge in [-0.25, -0.2) is 4.79 Å². The molecule has 5 unspecified atom stereocenters. The number of hydrogen-bond acceptors (Lipinski definition) is 7. The standard InChI is InChI=1S/C34H44O7/c1-10-14-38-25-13-11-12-19(2)26(25)30(36)40-28-20(3)17-33-22(5)15-21(4)31(6,7)24(27(33)35)16-23-18-39-32(8,9)41-29(23)34(28,33)37/h10-13,16-17,21-22,24,28-29,37H,1,14-15,18H2,2-9H3/t21-,22+,24?,28?,29?,33?,34?/m0/s1. The van der Waals surface area contributed by atoms with E-state index < -0.39 is 40.9 Å². The maximum absolute atomic E-state index is 14.9. The van der Waals surface area contributed by atoms with Crippen molar-refractivity contribution in [1.29, 1.82) is 0 Å². The van der Waals surface area contributed by atoms with Gasteiger partial charge in [0, 0.05) is 5.92 Å². The van der Waals surface area contributed by atoms with Crippen LogP contribution in [0.4, 0.5) is 0 Å². The Labute approximate surface area is 243 Å². The minimum absolute atomic E-state index is 0.0612. The van der Waals surface area contributed by atoms with Crippen LogP contribution in [-0.2, 0) is 19.0 Å². The monoisotopic (exact) mass is 564 g/mol. The van der Waals surface area contributed by atoms with E-state index in [2.05, 4.69) is 27.4 Å². The first-order valence-electron chi connectivity index (χ1n) is 14.6. The van der Waals surface area contributed by atoms with Gasteiger partial charge in [-0.1, -0.05) is 64.6 Å². The molecule has 1 aliphatic heterocycles. The Morgan fingerprint density at radius 2 is 1.88 bits per heavy atom. The Morgan fingerprint density at radius 3 is 2.56 bits per heavy atom. The largest absolute Gasteiger partial charge is 0.489 e. The third kappa shape index (κ3) is 4.26. The lowest BCUT2D eigenvalue weighted by Gasteiger charge is -2.52. The fourth-order valence-electron chi connectivity index (χ4n) is 7.70. The molecule has 3 aliphatic carbocycles. The maximum atomic E-state index is 14.9. The molecule has 7 nitrogen and oxygen atoms in total. The lowest BCUT2D eigenvalue weighted by atomic mass is 9.59. The van der Waals surface area contributed by atoms with Crippen LogP contribution in [0.1, 0.15) is 70.8 Å². The molecule has 1 saturated carbocycles. The molecule has 4 aliphatic rings. The molecular weight excluding hydrogens is 520 g/mol. The minimum Gasteiger partial charge on any atom is -0.489 e. The first-order valence-corrected chi connectivity index (χ1v) is 14.6. The summed E-state index contributed by atoms with van der Waals surface area (Å²) in [4.78, 5) is 28.9. The first kappa shape index (κ1) is 29.7. The highest BCUT2D eigenvalue weighted by atomic mass is 16.7. The number of ketones is 1. The number of Topliss-reactive ketones (excluding diaryl/α,β-unsaturated/α-hetero) is 1. The summed E-state index contributed by atoms with van der Waals surface area (Å²) in [5.74, 6) is -1.87. The van der Waals surface area contributed by atoms with Crippen molar-refractivity contribution in [3.8, 4) is 5.75 Å². The Balaban J connectivity index is 1.69. The van der Waals surface area contributed by atoms with E-state index in [1.165, 1.54) is 0 Å². The lowest BCUT2D eigenvalue weighted by Crippen LogP contribution is -2.68. The molecule has 1 heterocycles. The third-order valence-electron chi connectivity index (χ3n) is 10.3. The van der Waals surface area contributed by atoms with Gasteiger partial charge in [0.05, 0.1) is 12.0 Å². The number of benzene rings is 1. The minimum atomic E-state index is -1.89. The van der Waals surface area contributed by atoms with E-state index >= 15 is 0 Å². The molecule has 1 saturated heterocycles. The average Bonchev–Trinajstić information content (AvgIpc) is 3.06. The quantitative estimate of drug-likeness (QED) is 0.360. The molecule has 1 N–H and O–H groups in total. The Hall–Kier alpha value is -2.74. The van der Waals surface area contributed by atoms with E-state index in [4.69, 9.17) is 18.9 Å². The number of aryl methyl sites for hydroxylation is 1. The van der Waals surface area contributed by atoms with E-state index in [1.54, 1.807) is 26.0 Å². The van der Waals surface area contributed by atoms with Crippen LogP contribution in [0.25, 0.3) is 0 Å². The normalized spacial score (nSPS) is 37.0. The van der Waals surface area contributed by atoms with Gasteiger partial charge in [-0.15, -0.1) is 0 Å². The second-order valence-electron chi connectivity index (χ2n) is 13.5. The molecule has 7 heteroatoms. The van der Waals surface area contributed by atoms with E-state index in [0.717, 1.165) is 6.42 Å². The van der Waals surface area contributed by atoms with Crippen LogP contribution in [0.2, 0.25) is 0 Å². The Morgan fingerprint density at radius 1 is 1.17 bits per heavy atom. The highest BCUT2D eigenvalue weighted by Gasteiger charge is 2.74. The van der Waals surface area contributed by atoms with E-state index in [0.29, 0.717) is 22.5 Å². The smallest absolute Gasteiger partial charge is 0.342 e. The van der Waals surface area contributed by atoms with Crippen molar-refractivity contribution in [2.75, 3.05) is 13.2 Å². The van der Waals surface area contributed by atoms with Crippen LogP contribution >= 0.6 is 0 Å². The van der Waals surface area contributed by atoms with Gasteiger partial charge in [-0.05, 0) is 74.1 Å². The van der Waals surface area contributed by atoms with Gasteiger partial charge >= 0.3 is 5.97 Å². The molecule has 0 amide bonds. The number of esters is 1. The summed E-state index contributed by atoms with van der Waals surface area (Å²) in [5.41, 5.74) is -1.32. The second kappa shape index (κ2) is 9.92.